The maximum absolute atomic E-state index is 2.55. The van der Waals surface area contributed by atoms with Crippen molar-refractivity contribution < 1.29 is 0 Å². The molecule has 0 N–H and O–H groups in total. The summed E-state index contributed by atoms with van der Waals surface area (Å²) in [5, 5.41) is 0. The minimum absolute atomic E-state index is 0.0188. The van der Waals surface area contributed by atoms with Crippen molar-refractivity contribution in [3.05, 3.63) is 185 Å². The quantitative estimate of drug-likeness (QED) is 0.154. The van der Waals surface area contributed by atoms with E-state index < -0.39 is 0 Å². The van der Waals surface area contributed by atoms with Crippen LogP contribution in [0.5, 0.6) is 0 Å². The number of benzene rings is 7. The lowest BCUT2D eigenvalue weighted by Crippen LogP contribution is -2.17. The van der Waals surface area contributed by atoms with Gasteiger partial charge in [0, 0.05) is 22.5 Å². The average molecular weight is 896 g/mol. The first kappa shape index (κ1) is 47.4. The van der Waals surface area contributed by atoms with E-state index in [4.69, 9.17) is 0 Å². The van der Waals surface area contributed by atoms with E-state index in [1.165, 1.54) is 127 Å². The number of hydrogen-bond acceptors (Lipinski definition) is 1. The molecule has 1 heteroatoms. The molecule has 0 bridgehead atoms. The standard InChI is InChI=1S/C67H77N/c1-63(2,3)52-34-48(50-36-53(64(4,5)6)41-54(37-50)65(7,8)9)33-49(35-52)51-38-55(66(10,11)12)42-58(40-51)68(57-30-31-60-59-28-18-19-29-61(59)67(13,14)62(60)43-57)56-27-21-26-47(39-56)46-25-20-24-45(32-46)44-22-16-15-17-23-44/h18-21,24-44H,15-17,22-23H2,1-14H3. The van der Waals surface area contributed by atoms with E-state index in [-0.39, 0.29) is 27.1 Å². The molecule has 7 aromatic carbocycles. The van der Waals surface area contributed by atoms with Gasteiger partial charge in [-0.05, 0) is 166 Å². The van der Waals surface area contributed by atoms with E-state index in [0.29, 0.717) is 5.92 Å². The Bertz CT molecular complexity index is 2960. The fourth-order valence-electron chi connectivity index (χ4n) is 10.9. The molecule has 1 nitrogen and oxygen atoms in total. The van der Waals surface area contributed by atoms with Crippen molar-refractivity contribution in [1.82, 2.24) is 0 Å². The molecule has 0 radical (unpaired) electrons. The molecule has 0 aromatic heterocycles. The molecule has 0 amide bonds. The third-order valence-electron chi connectivity index (χ3n) is 15.4. The third-order valence-corrected chi connectivity index (χ3v) is 15.4. The van der Waals surface area contributed by atoms with Crippen LogP contribution in [0.2, 0.25) is 0 Å². The molecule has 0 atom stereocenters. The molecule has 0 unspecified atom stereocenters. The highest BCUT2D eigenvalue weighted by Crippen LogP contribution is 2.51. The van der Waals surface area contributed by atoms with Crippen LogP contribution in [0.25, 0.3) is 44.5 Å². The van der Waals surface area contributed by atoms with Crippen LogP contribution in [-0.4, -0.2) is 0 Å². The third kappa shape index (κ3) is 9.40. The molecule has 0 aliphatic heterocycles. The number of rotatable bonds is 7. The van der Waals surface area contributed by atoms with Crippen molar-refractivity contribution in [3.63, 3.8) is 0 Å². The zero-order valence-electron chi connectivity index (χ0n) is 43.9. The molecule has 68 heavy (non-hydrogen) atoms. The Balaban J connectivity index is 1.26. The highest BCUT2D eigenvalue weighted by molar-refractivity contribution is 5.88. The number of hydrogen-bond donors (Lipinski definition) is 0. The van der Waals surface area contributed by atoms with Crippen LogP contribution < -0.4 is 4.90 Å². The molecular formula is C67H77N. The maximum atomic E-state index is 2.55. The topological polar surface area (TPSA) is 3.24 Å². The van der Waals surface area contributed by atoms with Crippen LogP contribution in [0, 0.1) is 0 Å². The van der Waals surface area contributed by atoms with Gasteiger partial charge in [-0.25, -0.2) is 0 Å². The van der Waals surface area contributed by atoms with Crippen LogP contribution in [0.1, 0.15) is 174 Å². The summed E-state index contributed by atoms with van der Waals surface area (Å²) in [7, 11) is 0. The van der Waals surface area contributed by atoms with Gasteiger partial charge in [-0.1, -0.05) is 219 Å². The maximum Gasteiger partial charge on any atom is 0.0470 e. The Morgan fingerprint density at radius 3 is 1.44 bits per heavy atom. The molecule has 0 spiro atoms. The van der Waals surface area contributed by atoms with Crippen molar-refractivity contribution in [2.45, 2.75) is 162 Å². The van der Waals surface area contributed by atoms with Gasteiger partial charge in [-0.15, -0.1) is 0 Å². The largest absolute Gasteiger partial charge is 0.310 e. The normalized spacial score (nSPS) is 15.3. The fourth-order valence-corrected chi connectivity index (χ4v) is 10.9. The predicted molar refractivity (Wildman–Crippen MR) is 296 cm³/mol. The molecule has 1 fully saturated rings. The zero-order valence-corrected chi connectivity index (χ0v) is 43.9. The summed E-state index contributed by atoms with van der Waals surface area (Å²) >= 11 is 0. The van der Waals surface area contributed by atoms with Crippen LogP contribution in [0.4, 0.5) is 17.1 Å². The van der Waals surface area contributed by atoms with Crippen molar-refractivity contribution in [2.75, 3.05) is 4.90 Å². The van der Waals surface area contributed by atoms with Gasteiger partial charge < -0.3 is 4.90 Å². The summed E-state index contributed by atoms with van der Waals surface area (Å²) in [6, 6.07) is 57.1. The Morgan fingerprint density at radius 1 is 0.368 bits per heavy atom. The van der Waals surface area contributed by atoms with Crippen LogP contribution >= 0.6 is 0 Å². The van der Waals surface area contributed by atoms with E-state index in [1.807, 2.05) is 0 Å². The van der Waals surface area contributed by atoms with Gasteiger partial charge in [0.15, 0.2) is 0 Å². The lowest BCUT2D eigenvalue weighted by Gasteiger charge is -2.31. The van der Waals surface area contributed by atoms with Gasteiger partial charge in [-0.3, -0.25) is 0 Å². The van der Waals surface area contributed by atoms with Gasteiger partial charge in [0.05, 0.1) is 0 Å². The predicted octanol–water partition coefficient (Wildman–Crippen LogP) is 19.7. The second-order valence-electron chi connectivity index (χ2n) is 25.1. The summed E-state index contributed by atoms with van der Waals surface area (Å²) in [5.41, 5.74) is 23.2. The van der Waals surface area contributed by atoms with Crippen molar-refractivity contribution in [1.29, 1.82) is 0 Å². The van der Waals surface area contributed by atoms with Crippen molar-refractivity contribution >= 4 is 17.1 Å². The second kappa shape index (κ2) is 17.4. The first-order valence-electron chi connectivity index (χ1n) is 25.7. The number of fused-ring (bicyclic) bond motifs is 3. The van der Waals surface area contributed by atoms with Gasteiger partial charge >= 0.3 is 0 Å². The molecular weight excluding hydrogens is 819 g/mol. The van der Waals surface area contributed by atoms with Crippen molar-refractivity contribution in [2.24, 2.45) is 0 Å². The smallest absolute Gasteiger partial charge is 0.0470 e. The minimum Gasteiger partial charge on any atom is -0.310 e. The lowest BCUT2D eigenvalue weighted by molar-refractivity contribution is 0.444. The highest BCUT2D eigenvalue weighted by atomic mass is 15.1. The Kier molecular flexibility index (Phi) is 12.1. The van der Waals surface area contributed by atoms with E-state index in [0.717, 1.165) is 5.69 Å². The van der Waals surface area contributed by atoms with E-state index in [9.17, 15) is 0 Å². The fraction of sp³-hybridized carbons (Fsp3) is 0.373. The van der Waals surface area contributed by atoms with Gasteiger partial charge in [0.1, 0.15) is 0 Å². The average Bonchev–Trinajstić information content (AvgIpc) is 3.53. The summed E-state index contributed by atoms with van der Waals surface area (Å²) < 4.78 is 0. The minimum atomic E-state index is -0.131. The Labute approximate surface area is 411 Å². The zero-order chi connectivity index (χ0) is 48.6. The number of nitrogens with zero attached hydrogens (tertiary/aromatic N) is 1. The van der Waals surface area contributed by atoms with Crippen LogP contribution in [0.3, 0.4) is 0 Å². The molecule has 1 saturated carbocycles. The molecule has 0 heterocycles. The summed E-state index contributed by atoms with van der Waals surface area (Å²) in [6.45, 7) is 33.0. The molecule has 0 saturated heterocycles. The molecule has 2 aliphatic rings. The summed E-state index contributed by atoms with van der Waals surface area (Å²) in [4.78, 5) is 2.55. The molecule has 9 rings (SSSR count). The van der Waals surface area contributed by atoms with E-state index >= 15 is 0 Å². The summed E-state index contributed by atoms with van der Waals surface area (Å²) in [5.74, 6) is 0.654. The van der Waals surface area contributed by atoms with Gasteiger partial charge in [0.2, 0.25) is 0 Å². The van der Waals surface area contributed by atoms with E-state index in [2.05, 4.69) is 247 Å². The summed E-state index contributed by atoms with van der Waals surface area (Å²) in [6.07, 6.45) is 6.63. The first-order chi connectivity index (χ1) is 31.9. The first-order valence-corrected chi connectivity index (χ1v) is 25.7. The molecule has 350 valence electrons. The van der Waals surface area contributed by atoms with Gasteiger partial charge in [-0.2, -0.15) is 0 Å². The van der Waals surface area contributed by atoms with Gasteiger partial charge in [0.25, 0.3) is 0 Å². The number of anilines is 3. The highest BCUT2D eigenvalue weighted by Gasteiger charge is 2.36. The van der Waals surface area contributed by atoms with E-state index in [1.54, 1.807) is 0 Å². The Morgan fingerprint density at radius 2 is 0.838 bits per heavy atom. The van der Waals surface area contributed by atoms with Crippen molar-refractivity contribution in [3.8, 4) is 44.5 Å². The SMILES string of the molecule is CC(C)(C)c1cc(-c2cc(N(c3cccc(-c4cccc(C5CCCCC5)c4)c3)c3ccc4c(c3)C(C)(C)c3ccccc3-4)cc(C(C)(C)C)c2)cc(-c2cc(C(C)(C)C)cc(C(C)(C)C)c2)c1. The molecule has 2 aliphatic carbocycles. The van der Waals surface area contributed by atoms with Crippen LogP contribution in [0.15, 0.2) is 146 Å². The van der Waals surface area contributed by atoms with Crippen LogP contribution in [-0.2, 0) is 27.1 Å². The monoisotopic (exact) mass is 896 g/mol. The molecule has 7 aromatic rings. The Hall–Kier alpha value is -5.66. The second-order valence-corrected chi connectivity index (χ2v) is 25.1. The lowest BCUT2D eigenvalue weighted by atomic mass is 9.78.